The molecule has 1 aliphatic carbocycles. The van der Waals surface area contributed by atoms with Crippen LogP contribution in [0.4, 0.5) is 10.5 Å². The van der Waals surface area contributed by atoms with E-state index < -0.39 is 0 Å². The van der Waals surface area contributed by atoms with Crippen LogP contribution < -0.4 is 10.2 Å². The van der Waals surface area contributed by atoms with Gasteiger partial charge in [0.1, 0.15) is 0 Å². The Morgan fingerprint density at radius 1 is 1.00 bits per heavy atom. The number of rotatable bonds is 5. The summed E-state index contributed by atoms with van der Waals surface area (Å²) >= 11 is 0. The summed E-state index contributed by atoms with van der Waals surface area (Å²) in [6, 6.07) is 8.68. The van der Waals surface area contributed by atoms with Gasteiger partial charge in [0, 0.05) is 56.1 Å². The highest BCUT2D eigenvalue weighted by molar-refractivity contribution is 5.94. The molecule has 0 spiro atoms. The van der Waals surface area contributed by atoms with Crippen molar-refractivity contribution in [2.24, 2.45) is 0 Å². The maximum atomic E-state index is 12.9. The molecule has 3 rings (SSSR count). The number of hydrogen-bond donors (Lipinski definition) is 1. The minimum atomic E-state index is 0.0293. The zero-order chi connectivity index (χ0) is 20.8. The van der Waals surface area contributed by atoms with Crippen LogP contribution in [0, 0.1) is 0 Å². The number of urea groups is 1. The zero-order valence-electron chi connectivity index (χ0n) is 18.2. The number of benzene rings is 1. The Morgan fingerprint density at radius 3 is 2.14 bits per heavy atom. The third-order valence-electron chi connectivity index (χ3n) is 6.20. The number of piperazine rings is 1. The van der Waals surface area contributed by atoms with Crippen LogP contribution in [-0.2, 0) is 0 Å². The summed E-state index contributed by atoms with van der Waals surface area (Å²) in [7, 11) is 0. The van der Waals surface area contributed by atoms with E-state index in [0.29, 0.717) is 43.8 Å². The maximum Gasteiger partial charge on any atom is 0.317 e. The van der Waals surface area contributed by atoms with E-state index in [2.05, 4.69) is 31.0 Å². The first-order valence-corrected chi connectivity index (χ1v) is 11.2. The van der Waals surface area contributed by atoms with Gasteiger partial charge in [-0.1, -0.05) is 19.3 Å². The first-order chi connectivity index (χ1) is 14.0. The highest BCUT2D eigenvalue weighted by atomic mass is 16.2. The van der Waals surface area contributed by atoms with Gasteiger partial charge in [0.25, 0.3) is 5.91 Å². The fourth-order valence-corrected chi connectivity index (χ4v) is 4.45. The summed E-state index contributed by atoms with van der Waals surface area (Å²) in [5.74, 6) is 0.0523. The molecule has 0 bridgehead atoms. The molecule has 1 saturated carbocycles. The Hall–Kier alpha value is -2.24. The molecular formula is C23H36N4O2. The van der Waals surface area contributed by atoms with Crippen molar-refractivity contribution in [2.75, 3.05) is 37.6 Å². The van der Waals surface area contributed by atoms with Crippen molar-refractivity contribution in [2.45, 2.75) is 65.0 Å². The highest BCUT2D eigenvalue weighted by Gasteiger charge is 2.26. The zero-order valence-corrected chi connectivity index (χ0v) is 18.2. The van der Waals surface area contributed by atoms with Crippen molar-refractivity contribution in [1.82, 2.24) is 15.1 Å². The Bertz CT molecular complexity index is 675. The van der Waals surface area contributed by atoms with Gasteiger partial charge in [0.05, 0.1) is 0 Å². The van der Waals surface area contributed by atoms with Crippen molar-refractivity contribution in [3.63, 3.8) is 0 Å². The number of carbonyl (C=O) groups is 2. The van der Waals surface area contributed by atoms with Gasteiger partial charge in [-0.05, 0) is 57.9 Å². The quantitative estimate of drug-likeness (QED) is 0.820. The summed E-state index contributed by atoms with van der Waals surface area (Å²) in [6.45, 7) is 9.80. The van der Waals surface area contributed by atoms with Crippen LogP contribution in [0.5, 0.6) is 0 Å². The lowest BCUT2D eigenvalue weighted by Crippen LogP contribution is -2.54. The molecule has 2 aliphatic rings. The van der Waals surface area contributed by atoms with Crippen molar-refractivity contribution in [3.05, 3.63) is 29.8 Å². The van der Waals surface area contributed by atoms with E-state index in [9.17, 15) is 9.59 Å². The summed E-state index contributed by atoms with van der Waals surface area (Å²) < 4.78 is 0. The molecule has 1 aromatic carbocycles. The summed E-state index contributed by atoms with van der Waals surface area (Å²) in [6.07, 6.45) is 5.87. The van der Waals surface area contributed by atoms with Gasteiger partial charge in [0.2, 0.25) is 0 Å². The molecule has 0 atom stereocenters. The van der Waals surface area contributed by atoms with Gasteiger partial charge in [-0.25, -0.2) is 4.79 Å². The average Bonchev–Trinajstić information content (AvgIpc) is 2.75. The number of amides is 3. The smallest absolute Gasteiger partial charge is 0.317 e. The standard InChI is InChI=1S/C23H36N4O2/c1-4-27(18(2)3)21-12-10-19(11-13-21)22(28)25-14-16-26(17-15-25)23(29)24-20-8-6-5-7-9-20/h10-13,18,20H,4-9,14-17H2,1-3H3,(H,24,29). The molecule has 2 fully saturated rings. The van der Waals surface area contributed by atoms with Gasteiger partial charge in [-0.2, -0.15) is 0 Å². The minimum Gasteiger partial charge on any atom is -0.369 e. The Kier molecular flexibility index (Phi) is 7.40. The van der Waals surface area contributed by atoms with Crippen molar-refractivity contribution < 1.29 is 9.59 Å². The van der Waals surface area contributed by atoms with E-state index in [-0.39, 0.29) is 11.9 Å². The molecular weight excluding hydrogens is 364 g/mol. The number of nitrogens with one attached hydrogen (secondary N) is 1. The van der Waals surface area contributed by atoms with Gasteiger partial charge in [0.15, 0.2) is 0 Å². The van der Waals surface area contributed by atoms with Crippen LogP contribution in [0.25, 0.3) is 0 Å². The topological polar surface area (TPSA) is 55.9 Å². The molecule has 160 valence electrons. The monoisotopic (exact) mass is 400 g/mol. The van der Waals surface area contributed by atoms with Gasteiger partial charge in [-0.3, -0.25) is 4.79 Å². The Morgan fingerprint density at radius 2 is 1.59 bits per heavy atom. The third-order valence-corrected chi connectivity index (χ3v) is 6.20. The van der Waals surface area contributed by atoms with Crippen LogP contribution in [0.2, 0.25) is 0 Å². The van der Waals surface area contributed by atoms with Crippen LogP contribution >= 0.6 is 0 Å². The third kappa shape index (κ3) is 5.43. The molecule has 0 unspecified atom stereocenters. The molecule has 1 aliphatic heterocycles. The molecule has 0 radical (unpaired) electrons. The Labute approximate surface area is 175 Å². The molecule has 3 amide bonds. The predicted octanol–water partition coefficient (Wildman–Crippen LogP) is 3.72. The Balaban J connectivity index is 1.51. The second-order valence-electron chi connectivity index (χ2n) is 8.49. The van der Waals surface area contributed by atoms with E-state index in [1.54, 1.807) is 0 Å². The van der Waals surface area contributed by atoms with E-state index in [0.717, 1.165) is 25.1 Å². The summed E-state index contributed by atoms with van der Waals surface area (Å²) in [5.41, 5.74) is 1.86. The first-order valence-electron chi connectivity index (χ1n) is 11.2. The summed E-state index contributed by atoms with van der Waals surface area (Å²) in [5, 5.41) is 3.17. The van der Waals surface area contributed by atoms with E-state index >= 15 is 0 Å². The molecule has 1 aromatic rings. The normalized spacial score (nSPS) is 18.1. The van der Waals surface area contributed by atoms with Crippen LogP contribution in [0.1, 0.15) is 63.2 Å². The van der Waals surface area contributed by atoms with Crippen molar-refractivity contribution in [3.8, 4) is 0 Å². The molecule has 29 heavy (non-hydrogen) atoms. The SMILES string of the molecule is CCN(c1ccc(C(=O)N2CCN(C(=O)NC3CCCCC3)CC2)cc1)C(C)C. The predicted molar refractivity (Wildman–Crippen MR) is 117 cm³/mol. The van der Waals surface area contributed by atoms with E-state index in [1.165, 1.54) is 19.3 Å². The molecule has 1 N–H and O–H groups in total. The lowest BCUT2D eigenvalue weighted by molar-refractivity contribution is 0.0662. The number of carbonyl (C=O) groups excluding carboxylic acids is 2. The van der Waals surface area contributed by atoms with Gasteiger partial charge in [-0.15, -0.1) is 0 Å². The number of nitrogens with zero attached hydrogens (tertiary/aromatic N) is 3. The second-order valence-corrected chi connectivity index (χ2v) is 8.49. The largest absolute Gasteiger partial charge is 0.369 e. The van der Waals surface area contributed by atoms with Crippen LogP contribution in [0.3, 0.4) is 0 Å². The van der Waals surface area contributed by atoms with Gasteiger partial charge < -0.3 is 20.0 Å². The maximum absolute atomic E-state index is 12.9. The van der Waals surface area contributed by atoms with E-state index in [4.69, 9.17) is 0 Å². The molecule has 6 nitrogen and oxygen atoms in total. The molecule has 1 heterocycles. The molecule has 0 aromatic heterocycles. The average molecular weight is 401 g/mol. The minimum absolute atomic E-state index is 0.0293. The van der Waals surface area contributed by atoms with Crippen molar-refractivity contribution in [1.29, 1.82) is 0 Å². The lowest BCUT2D eigenvalue weighted by Gasteiger charge is -2.36. The molecule has 1 saturated heterocycles. The first kappa shape index (κ1) is 21.5. The second kappa shape index (κ2) is 9.99. The lowest BCUT2D eigenvalue weighted by atomic mass is 9.96. The highest BCUT2D eigenvalue weighted by Crippen LogP contribution is 2.20. The fourth-order valence-electron chi connectivity index (χ4n) is 4.45. The molecule has 6 heteroatoms. The number of anilines is 1. The van der Waals surface area contributed by atoms with Crippen LogP contribution in [0.15, 0.2) is 24.3 Å². The van der Waals surface area contributed by atoms with E-state index in [1.807, 2.05) is 34.1 Å². The van der Waals surface area contributed by atoms with Crippen molar-refractivity contribution >= 4 is 17.6 Å². The van der Waals surface area contributed by atoms with Gasteiger partial charge >= 0.3 is 6.03 Å². The summed E-state index contributed by atoms with van der Waals surface area (Å²) in [4.78, 5) is 31.4. The fraction of sp³-hybridized carbons (Fsp3) is 0.652. The van der Waals surface area contributed by atoms with Crippen LogP contribution in [-0.4, -0.2) is 66.5 Å². The number of hydrogen-bond acceptors (Lipinski definition) is 3.